The third-order valence-electron chi connectivity index (χ3n) is 6.25. The van der Waals surface area contributed by atoms with Gasteiger partial charge in [0.15, 0.2) is 6.61 Å². The van der Waals surface area contributed by atoms with E-state index >= 15 is 0 Å². The number of alkyl halides is 2. The maximum atomic E-state index is 12.9. The number of nitrogens with zero attached hydrogens (tertiary/aromatic N) is 1. The molecule has 3 amide bonds. The fraction of sp³-hybridized carbons (Fsp3) is 0.360. The quantitative estimate of drug-likeness (QED) is 0.363. The molecule has 0 radical (unpaired) electrons. The van der Waals surface area contributed by atoms with Gasteiger partial charge in [0.1, 0.15) is 0 Å². The van der Waals surface area contributed by atoms with Crippen LogP contribution >= 0.6 is 23.2 Å². The Morgan fingerprint density at radius 2 is 1.50 bits per heavy atom. The Hall–Kier alpha value is -2.90. The molecule has 178 valence electrons. The number of fused-ring (bicyclic) bond motifs is 1. The molecular weight excluding hydrogens is 479 g/mol. The summed E-state index contributed by atoms with van der Waals surface area (Å²) in [5.41, 5.74) is 2.33. The highest BCUT2D eigenvalue weighted by Gasteiger charge is 2.52. The van der Waals surface area contributed by atoms with Gasteiger partial charge in [-0.3, -0.25) is 19.3 Å². The van der Waals surface area contributed by atoms with E-state index in [-0.39, 0.29) is 28.1 Å². The number of nitrogens with one attached hydrogen (secondary N) is 1. The fourth-order valence-corrected chi connectivity index (χ4v) is 4.92. The van der Waals surface area contributed by atoms with E-state index in [4.69, 9.17) is 27.9 Å². The number of amides is 3. The molecule has 2 aromatic rings. The van der Waals surface area contributed by atoms with Crippen LogP contribution < -0.4 is 10.2 Å². The topological polar surface area (TPSA) is 92.8 Å². The number of benzene rings is 2. The Kier molecular flexibility index (Phi) is 7.24. The van der Waals surface area contributed by atoms with Crippen LogP contribution in [0.5, 0.6) is 0 Å². The molecule has 0 aromatic heterocycles. The number of halogens is 2. The summed E-state index contributed by atoms with van der Waals surface area (Å²) in [6.45, 7) is 1.60. The molecule has 34 heavy (non-hydrogen) atoms. The van der Waals surface area contributed by atoms with Crippen molar-refractivity contribution >= 4 is 58.3 Å². The van der Waals surface area contributed by atoms with Gasteiger partial charge in [-0.1, -0.05) is 19.1 Å². The first-order valence-electron chi connectivity index (χ1n) is 11.1. The van der Waals surface area contributed by atoms with Crippen LogP contribution in [0.1, 0.15) is 35.7 Å². The van der Waals surface area contributed by atoms with Crippen molar-refractivity contribution in [2.24, 2.45) is 11.8 Å². The number of rotatable bonds is 6. The minimum atomic E-state index is -0.689. The molecule has 1 saturated heterocycles. The van der Waals surface area contributed by atoms with Gasteiger partial charge in [0.25, 0.3) is 5.91 Å². The monoisotopic (exact) mass is 502 g/mol. The Bertz CT molecular complexity index is 1080. The van der Waals surface area contributed by atoms with Gasteiger partial charge in [-0.05, 0) is 61.2 Å². The second kappa shape index (κ2) is 10.2. The first-order valence-corrected chi connectivity index (χ1v) is 12.0. The third kappa shape index (κ3) is 4.95. The number of imide groups is 1. The van der Waals surface area contributed by atoms with Crippen molar-refractivity contribution in [1.82, 2.24) is 0 Å². The van der Waals surface area contributed by atoms with E-state index in [9.17, 15) is 19.2 Å². The van der Waals surface area contributed by atoms with E-state index in [1.807, 2.05) is 19.1 Å². The molecule has 2 aliphatic rings. The van der Waals surface area contributed by atoms with Crippen LogP contribution in [-0.4, -0.2) is 41.1 Å². The van der Waals surface area contributed by atoms with Crippen LogP contribution in [0.3, 0.4) is 0 Å². The van der Waals surface area contributed by atoms with E-state index in [1.165, 1.54) is 24.3 Å². The van der Waals surface area contributed by atoms with Crippen molar-refractivity contribution in [1.29, 1.82) is 0 Å². The first-order chi connectivity index (χ1) is 16.3. The largest absolute Gasteiger partial charge is 0.452 e. The molecule has 4 atom stereocenters. The molecule has 1 saturated carbocycles. The molecule has 0 spiro atoms. The van der Waals surface area contributed by atoms with E-state index in [1.54, 1.807) is 12.1 Å². The van der Waals surface area contributed by atoms with E-state index in [0.29, 0.717) is 24.2 Å². The summed E-state index contributed by atoms with van der Waals surface area (Å²) in [7, 11) is 0. The van der Waals surface area contributed by atoms with E-state index < -0.39 is 30.3 Å². The lowest BCUT2D eigenvalue weighted by Crippen LogP contribution is -2.34. The zero-order valence-electron chi connectivity index (χ0n) is 18.5. The number of carbonyl (C=O) groups is 4. The van der Waals surface area contributed by atoms with Crippen molar-refractivity contribution < 1.29 is 23.9 Å². The van der Waals surface area contributed by atoms with Gasteiger partial charge in [-0.2, -0.15) is 0 Å². The minimum absolute atomic E-state index is 0.196. The lowest BCUT2D eigenvalue weighted by molar-refractivity contribution is -0.122. The zero-order chi connectivity index (χ0) is 24.4. The molecule has 1 N–H and O–H groups in total. The predicted molar refractivity (Wildman–Crippen MR) is 129 cm³/mol. The summed E-state index contributed by atoms with van der Waals surface area (Å²) in [6, 6.07) is 13.3. The van der Waals surface area contributed by atoms with Crippen LogP contribution in [0.25, 0.3) is 0 Å². The molecule has 1 aliphatic carbocycles. The standard InChI is InChI=1S/C25H24Cl2N2O5/c1-2-14-3-7-16(8-4-14)28-22(30)13-34-25(33)15-5-9-17(10-6-15)29-23(31)18-11-20(26)21(27)12-19(18)24(29)32/h3-10,18-21H,2,11-13H2,1H3,(H,28,30)/t18-,19-,20-,21+/m1/s1. The smallest absolute Gasteiger partial charge is 0.338 e. The average Bonchev–Trinajstić information content (AvgIpc) is 3.07. The third-order valence-corrected chi connectivity index (χ3v) is 7.35. The highest BCUT2D eigenvalue weighted by Crippen LogP contribution is 2.43. The number of anilines is 2. The molecule has 4 rings (SSSR count). The summed E-state index contributed by atoms with van der Waals surface area (Å²) in [5, 5.41) is 1.96. The van der Waals surface area contributed by atoms with Gasteiger partial charge < -0.3 is 10.1 Å². The summed E-state index contributed by atoms with van der Waals surface area (Å²) >= 11 is 12.4. The molecule has 9 heteroatoms. The lowest BCUT2D eigenvalue weighted by atomic mass is 9.80. The summed E-state index contributed by atoms with van der Waals surface area (Å²) in [4.78, 5) is 51.3. The molecule has 2 aromatic carbocycles. The van der Waals surface area contributed by atoms with E-state index in [0.717, 1.165) is 16.9 Å². The Morgan fingerprint density at radius 3 is 2.03 bits per heavy atom. The summed E-state index contributed by atoms with van der Waals surface area (Å²) in [6.07, 6.45) is 1.61. The number of esters is 1. The molecule has 1 aliphatic heterocycles. The molecule has 0 unspecified atom stereocenters. The van der Waals surface area contributed by atoms with Crippen molar-refractivity contribution in [3.8, 4) is 0 Å². The van der Waals surface area contributed by atoms with Gasteiger partial charge in [0, 0.05) is 5.69 Å². The van der Waals surface area contributed by atoms with Gasteiger partial charge in [-0.25, -0.2) is 4.79 Å². The molecule has 0 bridgehead atoms. The maximum Gasteiger partial charge on any atom is 0.338 e. The number of aryl methyl sites for hydroxylation is 1. The highest BCUT2D eigenvalue weighted by atomic mass is 35.5. The average molecular weight is 503 g/mol. The number of hydrogen-bond acceptors (Lipinski definition) is 5. The maximum absolute atomic E-state index is 12.9. The molecule has 1 heterocycles. The van der Waals surface area contributed by atoms with Crippen molar-refractivity contribution in [2.75, 3.05) is 16.8 Å². The first kappa shape index (κ1) is 24.2. The number of hydrogen-bond donors (Lipinski definition) is 1. The van der Waals surface area contributed by atoms with Gasteiger partial charge >= 0.3 is 5.97 Å². The zero-order valence-corrected chi connectivity index (χ0v) is 20.0. The molecule has 7 nitrogen and oxygen atoms in total. The minimum Gasteiger partial charge on any atom is -0.452 e. The van der Waals surface area contributed by atoms with Crippen LogP contribution in [-0.2, 0) is 25.5 Å². The Balaban J connectivity index is 1.35. The molecular formula is C25H24Cl2N2O5. The summed E-state index contributed by atoms with van der Waals surface area (Å²) in [5.74, 6) is -2.71. The van der Waals surface area contributed by atoms with Crippen molar-refractivity contribution in [3.05, 3.63) is 59.7 Å². The van der Waals surface area contributed by atoms with Crippen LogP contribution in [0.15, 0.2) is 48.5 Å². The summed E-state index contributed by atoms with van der Waals surface area (Å²) < 4.78 is 5.09. The van der Waals surface area contributed by atoms with E-state index in [2.05, 4.69) is 5.32 Å². The van der Waals surface area contributed by atoms with Gasteiger partial charge in [-0.15, -0.1) is 23.2 Å². The number of ether oxygens (including phenoxy) is 1. The second-order valence-corrected chi connectivity index (χ2v) is 9.57. The van der Waals surface area contributed by atoms with Crippen LogP contribution in [0.4, 0.5) is 11.4 Å². The SMILES string of the molecule is CCc1ccc(NC(=O)COC(=O)c2ccc(N3C(=O)[C@@H]4C[C@@H](Cl)[C@@H](Cl)C[C@H]4C3=O)cc2)cc1. The van der Waals surface area contributed by atoms with Crippen LogP contribution in [0.2, 0.25) is 0 Å². The van der Waals surface area contributed by atoms with Crippen LogP contribution in [0, 0.1) is 11.8 Å². The normalized spacial score (nSPS) is 24.0. The highest BCUT2D eigenvalue weighted by molar-refractivity contribution is 6.31. The second-order valence-electron chi connectivity index (χ2n) is 8.45. The fourth-order valence-electron chi connectivity index (χ4n) is 4.33. The number of carbonyl (C=O) groups excluding carboxylic acids is 4. The molecule has 2 fully saturated rings. The Labute approximate surface area is 207 Å². The van der Waals surface area contributed by atoms with Gasteiger partial charge in [0.2, 0.25) is 11.8 Å². The van der Waals surface area contributed by atoms with Crippen molar-refractivity contribution in [2.45, 2.75) is 36.9 Å². The van der Waals surface area contributed by atoms with Gasteiger partial charge in [0.05, 0.1) is 33.8 Å². The lowest BCUT2D eigenvalue weighted by Gasteiger charge is -2.28. The Morgan fingerprint density at radius 1 is 0.941 bits per heavy atom. The predicted octanol–water partition coefficient (Wildman–Crippen LogP) is 4.16. The van der Waals surface area contributed by atoms with Crippen molar-refractivity contribution in [3.63, 3.8) is 0 Å².